The molecule has 0 radical (unpaired) electrons. The second-order valence-corrected chi connectivity index (χ2v) is 8.00. The number of aliphatic carboxylic acids is 1. The van der Waals surface area contributed by atoms with Crippen LogP contribution in [0.3, 0.4) is 0 Å². The van der Waals surface area contributed by atoms with Crippen molar-refractivity contribution in [2.75, 3.05) is 11.9 Å². The number of hydrogen-bond donors (Lipinski definition) is 2. The summed E-state index contributed by atoms with van der Waals surface area (Å²) >= 11 is 0. The number of nitrogens with two attached hydrogens (primary N) is 1. The van der Waals surface area contributed by atoms with Crippen molar-refractivity contribution in [3.05, 3.63) is 58.0 Å². The second-order valence-electron chi connectivity index (χ2n) is 8.00. The van der Waals surface area contributed by atoms with Crippen molar-refractivity contribution >= 4 is 17.6 Å². The van der Waals surface area contributed by atoms with Crippen molar-refractivity contribution in [2.24, 2.45) is 7.05 Å². The number of hydrogen-bond acceptors (Lipinski definition) is 4. The van der Waals surface area contributed by atoms with E-state index >= 15 is 0 Å². The summed E-state index contributed by atoms with van der Waals surface area (Å²) in [5.74, 6) is -1.80. The number of anilines is 1. The Hall–Kier alpha value is -3.13. The first-order valence-electron chi connectivity index (χ1n) is 10.7. The van der Waals surface area contributed by atoms with Gasteiger partial charge in [-0.3, -0.25) is 14.3 Å². The molecule has 0 fully saturated rings. The van der Waals surface area contributed by atoms with Gasteiger partial charge in [-0.15, -0.1) is 0 Å². The van der Waals surface area contributed by atoms with E-state index < -0.39 is 17.9 Å². The molecule has 2 aromatic rings. The van der Waals surface area contributed by atoms with Crippen LogP contribution in [-0.4, -0.2) is 33.8 Å². The number of carboxylic acid groups (broad SMARTS) is 1. The van der Waals surface area contributed by atoms with Gasteiger partial charge in [0.2, 0.25) is 5.91 Å². The van der Waals surface area contributed by atoms with Crippen LogP contribution < -0.4 is 21.3 Å². The first-order chi connectivity index (χ1) is 14.9. The van der Waals surface area contributed by atoms with E-state index in [1.54, 1.807) is 36.1 Å². The monoisotopic (exact) mass is 426 g/mol. The number of carbonyl (C=O) groups is 2. The molecule has 3 N–H and O–H groups in total. The summed E-state index contributed by atoms with van der Waals surface area (Å²) in [4.78, 5) is 37.0. The number of carbonyl (C=O) groups excluding carboxylic acids is 2. The number of para-hydroxylation sites is 1. The van der Waals surface area contributed by atoms with Crippen molar-refractivity contribution in [2.45, 2.75) is 51.5 Å². The van der Waals surface area contributed by atoms with Gasteiger partial charge in [-0.1, -0.05) is 29.8 Å². The summed E-state index contributed by atoms with van der Waals surface area (Å²) in [7, 11) is 1.73. The van der Waals surface area contributed by atoms with Gasteiger partial charge in [-0.2, -0.15) is 0 Å². The largest absolute Gasteiger partial charge is 0.544 e. The average Bonchev–Trinajstić information content (AvgIpc) is 2.97. The molecular weight excluding hydrogens is 396 g/mol. The molecule has 1 atom stereocenters. The molecule has 31 heavy (non-hydrogen) atoms. The zero-order valence-electron chi connectivity index (χ0n) is 18.1. The summed E-state index contributed by atoms with van der Waals surface area (Å²) in [5, 5.41) is 15.8. The number of nitrogens with one attached hydrogen (secondary N) is 1. The van der Waals surface area contributed by atoms with E-state index in [4.69, 9.17) is 0 Å². The lowest BCUT2D eigenvalue weighted by Gasteiger charge is -2.17. The molecule has 1 amide bonds. The van der Waals surface area contributed by atoms with Crippen molar-refractivity contribution in [1.29, 1.82) is 0 Å². The molecule has 0 spiro atoms. The Labute approximate surface area is 181 Å². The quantitative estimate of drug-likeness (QED) is 0.565. The second kappa shape index (κ2) is 10.3. The van der Waals surface area contributed by atoms with E-state index in [0.717, 1.165) is 19.3 Å². The standard InChI is InChI=1S/C23H30N4O4/c1-16-21(22(29)27(26(16)2)18-11-7-4-8-12-18)25-20(28)15-19(23(30)31)24-14-13-17-9-5-3-6-10-17/h4,7-9,11-12,19,24H,3,5-6,10,13-15H2,1-2H3,(H,25,28)(H,30,31)/t19-/m1/s1. The number of aromatic nitrogens is 2. The number of carboxylic acids is 1. The third-order valence-corrected chi connectivity index (χ3v) is 5.83. The highest BCUT2D eigenvalue weighted by atomic mass is 16.4. The number of amides is 1. The lowest BCUT2D eigenvalue weighted by Crippen LogP contribution is -2.93. The number of allylic oxidation sites excluding steroid dienone is 1. The van der Waals surface area contributed by atoms with Gasteiger partial charge in [-0.05, 0) is 44.7 Å². The molecule has 1 aromatic carbocycles. The van der Waals surface area contributed by atoms with E-state index in [0.29, 0.717) is 17.9 Å². The molecular formula is C23H30N4O4. The first kappa shape index (κ1) is 22.6. The van der Waals surface area contributed by atoms with E-state index in [1.165, 1.54) is 23.1 Å². The van der Waals surface area contributed by atoms with Gasteiger partial charge in [-0.25, -0.2) is 4.68 Å². The molecule has 8 nitrogen and oxygen atoms in total. The molecule has 1 aromatic heterocycles. The van der Waals surface area contributed by atoms with Gasteiger partial charge in [0.15, 0.2) is 0 Å². The van der Waals surface area contributed by atoms with Crippen LogP contribution in [0.2, 0.25) is 0 Å². The number of rotatable bonds is 9. The van der Waals surface area contributed by atoms with Crippen molar-refractivity contribution in [3.63, 3.8) is 0 Å². The fraction of sp³-hybridized carbons (Fsp3) is 0.435. The molecule has 0 saturated carbocycles. The zero-order chi connectivity index (χ0) is 22.4. The summed E-state index contributed by atoms with van der Waals surface area (Å²) < 4.78 is 3.12. The zero-order valence-corrected chi connectivity index (χ0v) is 18.1. The van der Waals surface area contributed by atoms with Gasteiger partial charge < -0.3 is 20.5 Å². The molecule has 1 aliphatic carbocycles. The van der Waals surface area contributed by atoms with Gasteiger partial charge in [0, 0.05) is 13.5 Å². The third-order valence-electron chi connectivity index (χ3n) is 5.83. The summed E-state index contributed by atoms with van der Waals surface area (Å²) in [6.45, 7) is 2.32. The van der Waals surface area contributed by atoms with Crippen LogP contribution >= 0.6 is 0 Å². The molecule has 1 heterocycles. The third kappa shape index (κ3) is 5.52. The topological polar surface area (TPSA) is 113 Å². The molecule has 3 rings (SSSR count). The smallest absolute Gasteiger partial charge is 0.295 e. The molecule has 8 heteroatoms. The van der Waals surface area contributed by atoms with Gasteiger partial charge >= 0.3 is 0 Å². The molecule has 1 aliphatic rings. The minimum absolute atomic E-state index is 0.154. The Kier molecular flexibility index (Phi) is 7.46. The van der Waals surface area contributed by atoms with Crippen molar-refractivity contribution in [3.8, 4) is 5.69 Å². The summed E-state index contributed by atoms with van der Waals surface area (Å²) in [6.07, 6.45) is 7.30. The average molecular weight is 427 g/mol. The summed E-state index contributed by atoms with van der Waals surface area (Å²) in [5.41, 5.74) is 2.40. The Morgan fingerprint density at radius 3 is 2.61 bits per heavy atom. The number of benzene rings is 1. The van der Waals surface area contributed by atoms with Crippen LogP contribution in [0.5, 0.6) is 0 Å². The normalized spacial score (nSPS) is 14.7. The molecule has 166 valence electrons. The van der Waals surface area contributed by atoms with E-state index in [2.05, 4.69) is 11.4 Å². The highest BCUT2D eigenvalue weighted by molar-refractivity contribution is 5.93. The van der Waals surface area contributed by atoms with Crippen LogP contribution in [0.1, 0.15) is 44.2 Å². The first-order valence-corrected chi connectivity index (χ1v) is 10.7. The highest BCUT2D eigenvalue weighted by Crippen LogP contribution is 2.19. The number of nitrogens with zero attached hydrogens (tertiary/aromatic N) is 2. The van der Waals surface area contributed by atoms with Gasteiger partial charge in [0.1, 0.15) is 11.7 Å². The maximum absolute atomic E-state index is 12.9. The van der Waals surface area contributed by atoms with Crippen LogP contribution in [0.15, 0.2) is 46.8 Å². The Balaban J connectivity index is 1.65. The van der Waals surface area contributed by atoms with Crippen molar-refractivity contribution in [1.82, 2.24) is 9.36 Å². The van der Waals surface area contributed by atoms with Gasteiger partial charge in [0.25, 0.3) is 5.56 Å². The minimum Gasteiger partial charge on any atom is -0.544 e. The van der Waals surface area contributed by atoms with Crippen LogP contribution in [0.4, 0.5) is 5.69 Å². The molecule has 0 saturated heterocycles. The van der Waals surface area contributed by atoms with Crippen molar-refractivity contribution < 1.29 is 20.0 Å². The maximum Gasteiger partial charge on any atom is 0.295 e. The SMILES string of the molecule is Cc1c(NC(=O)C[C@@H]([NH2+]CCC2=CCCCC2)C(=O)[O-])c(=O)n(-c2ccccc2)n1C. The lowest BCUT2D eigenvalue weighted by molar-refractivity contribution is -0.682. The Bertz CT molecular complexity index is 1020. The minimum atomic E-state index is -1.28. The lowest BCUT2D eigenvalue weighted by atomic mass is 9.97. The Morgan fingerprint density at radius 1 is 1.23 bits per heavy atom. The summed E-state index contributed by atoms with van der Waals surface area (Å²) in [6, 6.07) is 8.11. The molecule has 0 bridgehead atoms. The van der Waals surface area contributed by atoms with Gasteiger partial charge in [0.05, 0.1) is 30.3 Å². The van der Waals surface area contributed by atoms with Crippen LogP contribution in [-0.2, 0) is 16.6 Å². The van der Waals surface area contributed by atoms with Crippen LogP contribution in [0.25, 0.3) is 5.69 Å². The number of quaternary nitrogens is 1. The predicted octanol–water partition coefficient (Wildman–Crippen LogP) is 0.385. The van der Waals surface area contributed by atoms with E-state index in [9.17, 15) is 19.5 Å². The van der Waals surface area contributed by atoms with E-state index in [1.807, 2.05) is 18.2 Å². The fourth-order valence-corrected chi connectivity index (χ4v) is 3.97. The van der Waals surface area contributed by atoms with Crippen LogP contribution in [0, 0.1) is 6.92 Å². The highest BCUT2D eigenvalue weighted by Gasteiger charge is 2.22. The van der Waals surface area contributed by atoms with E-state index in [-0.39, 0.29) is 17.7 Å². The maximum atomic E-state index is 12.9. The predicted molar refractivity (Wildman–Crippen MR) is 116 cm³/mol. The molecule has 0 aliphatic heterocycles. The fourth-order valence-electron chi connectivity index (χ4n) is 3.97. The molecule has 0 unspecified atom stereocenters. The Morgan fingerprint density at radius 2 is 1.97 bits per heavy atom.